The summed E-state index contributed by atoms with van der Waals surface area (Å²) < 4.78 is 26.7. The largest absolute Gasteiger partial charge is 0.394 e. The minimum Gasteiger partial charge on any atom is -0.394 e. The molecule has 34 heavy (non-hydrogen) atoms. The van der Waals surface area contributed by atoms with Gasteiger partial charge in [-0.1, -0.05) is 0 Å². The fourth-order valence-corrected chi connectivity index (χ4v) is 4.09. The van der Waals surface area contributed by atoms with E-state index in [1.165, 1.54) is 0 Å². The molecule has 0 aromatic rings. The summed E-state index contributed by atoms with van der Waals surface area (Å²) in [5, 5.41) is 99.9. The Morgan fingerprint density at radius 2 is 1.03 bits per heavy atom. The second kappa shape index (κ2) is 11.6. The fraction of sp³-hybridized carbons (Fsp3) is 1.00. The quantitative estimate of drug-likeness (QED) is 0.154. The Labute approximate surface area is 193 Å². The summed E-state index contributed by atoms with van der Waals surface area (Å²) >= 11 is 0. The Kier molecular flexibility index (Phi) is 9.54. The number of hydrogen-bond acceptors (Lipinski definition) is 16. The molecule has 0 saturated carbocycles. The van der Waals surface area contributed by atoms with Gasteiger partial charge < -0.3 is 80.5 Å². The molecule has 0 radical (unpaired) electrons. The van der Waals surface area contributed by atoms with Crippen LogP contribution in [0.5, 0.6) is 0 Å². The van der Waals surface area contributed by atoms with E-state index >= 15 is 0 Å². The molecule has 16 nitrogen and oxygen atoms in total. The van der Waals surface area contributed by atoms with Crippen LogP contribution in [0, 0.1) is 0 Å². The maximum absolute atomic E-state index is 10.8. The summed E-state index contributed by atoms with van der Waals surface area (Å²) in [6.07, 6.45) is -22.7. The van der Waals surface area contributed by atoms with Crippen LogP contribution in [0.2, 0.25) is 0 Å². The number of aliphatic hydroxyl groups excluding tert-OH is 10. The average Bonchev–Trinajstić information content (AvgIpc) is 2.83. The summed E-state index contributed by atoms with van der Waals surface area (Å²) in [6, 6.07) is -1.34. The standard InChI is InChI=1S/C18H33NO15/c19-7-10(25)14(6(3-22)30-16(7)29)33-18-13(28)15(9(24)5(2-21)32-18)34-17-12(27)11(26)8(23)4(1-20)31-17/h4-18,20-29H,1-3,19H2/t4-,5-,6-,7-,8+,9+,10-,11+,12-,13-,14-,15+,16?,17-,18-/m1/s1. The minimum absolute atomic E-state index is 0.717. The predicted molar refractivity (Wildman–Crippen MR) is 103 cm³/mol. The Morgan fingerprint density at radius 1 is 0.529 bits per heavy atom. The van der Waals surface area contributed by atoms with E-state index in [1.54, 1.807) is 0 Å². The van der Waals surface area contributed by atoms with Crippen molar-refractivity contribution in [3.05, 3.63) is 0 Å². The first-order valence-corrected chi connectivity index (χ1v) is 10.7. The molecule has 3 aliphatic rings. The van der Waals surface area contributed by atoms with Gasteiger partial charge in [0.25, 0.3) is 0 Å². The van der Waals surface area contributed by atoms with Crippen LogP contribution in [-0.2, 0) is 23.7 Å². The number of ether oxygens (including phenoxy) is 5. The van der Waals surface area contributed by atoms with Crippen molar-refractivity contribution in [2.75, 3.05) is 19.8 Å². The number of rotatable bonds is 7. The second-order valence-corrected chi connectivity index (χ2v) is 8.42. The van der Waals surface area contributed by atoms with Crippen LogP contribution >= 0.6 is 0 Å². The maximum atomic E-state index is 10.8. The predicted octanol–water partition coefficient (Wildman–Crippen LogP) is -7.61. The van der Waals surface area contributed by atoms with Crippen molar-refractivity contribution in [1.82, 2.24) is 0 Å². The monoisotopic (exact) mass is 503 g/mol. The Bertz CT molecular complexity index is 642. The number of hydrogen-bond donors (Lipinski definition) is 11. The maximum Gasteiger partial charge on any atom is 0.187 e. The van der Waals surface area contributed by atoms with Gasteiger partial charge in [-0.2, -0.15) is 0 Å². The molecule has 12 N–H and O–H groups in total. The van der Waals surface area contributed by atoms with Crippen LogP contribution in [-0.4, -0.2) is 163 Å². The summed E-state index contributed by atoms with van der Waals surface area (Å²) in [4.78, 5) is 0. The summed E-state index contributed by atoms with van der Waals surface area (Å²) in [7, 11) is 0. The van der Waals surface area contributed by atoms with E-state index in [-0.39, 0.29) is 0 Å². The third kappa shape index (κ3) is 5.37. The van der Waals surface area contributed by atoms with E-state index in [1.807, 2.05) is 0 Å². The average molecular weight is 503 g/mol. The molecule has 1 unspecified atom stereocenters. The molecule has 0 aliphatic carbocycles. The van der Waals surface area contributed by atoms with Gasteiger partial charge in [0.1, 0.15) is 67.1 Å². The second-order valence-electron chi connectivity index (χ2n) is 8.42. The van der Waals surface area contributed by atoms with Gasteiger partial charge >= 0.3 is 0 Å². The van der Waals surface area contributed by atoms with Crippen molar-refractivity contribution >= 4 is 0 Å². The van der Waals surface area contributed by atoms with Gasteiger partial charge in [-0.15, -0.1) is 0 Å². The molecule has 0 bridgehead atoms. The van der Waals surface area contributed by atoms with Crippen LogP contribution in [0.3, 0.4) is 0 Å². The first-order chi connectivity index (χ1) is 16.0. The van der Waals surface area contributed by atoms with Crippen LogP contribution in [0.25, 0.3) is 0 Å². The van der Waals surface area contributed by atoms with E-state index in [0.717, 1.165) is 0 Å². The highest BCUT2D eigenvalue weighted by Crippen LogP contribution is 2.32. The van der Waals surface area contributed by atoms with Crippen molar-refractivity contribution in [2.24, 2.45) is 5.73 Å². The van der Waals surface area contributed by atoms with Gasteiger partial charge in [0.15, 0.2) is 18.9 Å². The molecule has 3 rings (SSSR count). The van der Waals surface area contributed by atoms with Crippen LogP contribution in [0.1, 0.15) is 0 Å². The topological polar surface area (TPSA) is 274 Å². The van der Waals surface area contributed by atoms with Crippen molar-refractivity contribution in [3.8, 4) is 0 Å². The third-order valence-electron chi connectivity index (χ3n) is 6.17. The highest BCUT2D eigenvalue weighted by atomic mass is 16.7. The van der Waals surface area contributed by atoms with E-state index < -0.39 is 112 Å². The van der Waals surface area contributed by atoms with Crippen LogP contribution < -0.4 is 5.73 Å². The molecule has 3 aliphatic heterocycles. The molecule has 0 spiro atoms. The molecule has 3 fully saturated rings. The van der Waals surface area contributed by atoms with Gasteiger partial charge in [0.2, 0.25) is 0 Å². The lowest BCUT2D eigenvalue weighted by molar-refractivity contribution is -0.374. The highest BCUT2D eigenvalue weighted by Gasteiger charge is 2.53. The lowest BCUT2D eigenvalue weighted by Crippen LogP contribution is -2.67. The van der Waals surface area contributed by atoms with E-state index in [0.29, 0.717) is 0 Å². The van der Waals surface area contributed by atoms with Crippen LogP contribution in [0.4, 0.5) is 0 Å². The molecule has 3 saturated heterocycles. The van der Waals surface area contributed by atoms with Crippen molar-refractivity contribution < 1.29 is 74.7 Å². The van der Waals surface area contributed by atoms with Gasteiger partial charge in [0.05, 0.1) is 25.9 Å². The van der Waals surface area contributed by atoms with Gasteiger partial charge in [-0.05, 0) is 0 Å². The first kappa shape index (κ1) is 27.9. The molecule has 0 amide bonds. The van der Waals surface area contributed by atoms with E-state index in [4.69, 9.17) is 29.4 Å². The lowest BCUT2D eigenvalue weighted by Gasteiger charge is -2.48. The molecular formula is C18H33NO15. The normalized spacial score (nSPS) is 52.5. The fourth-order valence-electron chi connectivity index (χ4n) is 4.09. The van der Waals surface area contributed by atoms with Gasteiger partial charge in [-0.25, -0.2) is 0 Å². The number of nitrogens with two attached hydrogens (primary N) is 1. The SMILES string of the molecule is N[C@H]1C(O)O[C@H](CO)[C@@H](O[C@H]2O[C@H](CO)[C@H](O)[C@H](O[C@H]3O[C@H](CO)[C@H](O)[C@H](O)[C@H]3O)[C@H]2O)[C@@H]1O. The summed E-state index contributed by atoms with van der Waals surface area (Å²) in [6.45, 7) is -2.25. The molecular weight excluding hydrogens is 470 g/mol. The van der Waals surface area contributed by atoms with Crippen molar-refractivity contribution in [2.45, 2.75) is 92.1 Å². The highest BCUT2D eigenvalue weighted by molar-refractivity contribution is 4.96. The Hall–Kier alpha value is -0.640. The van der Waals surface area contributed by atoms with Crippen molar-refractivity contribution in [3.63, 3.8) is 0 Å². The van der Waals surface area contributed by atoms with Crippen LogP contribution in [0.15, 0.2) is 0 Å². The lowest BCUT2D eigenvalue weighted by atomic mass is 9.95. The molecule has 200 valence electrons. The van der Waals surface area contributed by atoms with E-state index in [2.05, 4.69) is 0 Å². The zero-order chi connectivity index (χ0) is 25.3. The zero-order valence-electron chi connectivity index (χ0n) is 17.9. The summed E-state index contributed by atoms with van der Waals surface area (Å²) in [5.41, 5.74) is 5.66. The first-order valence-electron chi connectivity index (χ1n) is 10.7. The van der Waals surface area contributed by atoms with Crippen molar-refractivity contribution in [1.29, 1.82) is 0 Å². The molecule has 3 heterocycles. The smallest absolute Gasteiger partial charge is 0.187 e. The van der Waals surface area contributed by atoms with Gasteiger partial charge in [0, 0.05) is 0 Å². The molecule has 16 heteroatoms. The Morgan fingerprint density at radius 3 is 1.59 bits per heavy atom. The number of aliphatic hydroxyl groups is 10. The Balaban J connectivity index is 1.78. The minimum atomic E-state index is -1.86. The zero-order valence-corrected chi connectivity index (χ0v) is 17.9. The third-order valence-corrected chi connectivity index (χ3v) is 6.17. The van der Waals surface area contributed by atoms with E-state index in [9.17, 15) is 51.1 Å². The molecule has 0 aromatic carbocycles. The molecule has 15 atom stereocenters. The molecule has 0 aromatic heterocycles. The summed E-state index contributed by atoms with van der Waals surface area (Å²) in [5.74, 6) is 0. The van der Waals surface area contributed by atoms with Gasteiger partial charge in [-0.3, -0.25) is 0 Å².